The van der Waals surface area contributed by atoms with Gasteiger partial charge in [-0.15, -0.1) is 0 Å². The van der Waals surface area contributed by atoms with Crippen LogP contribution in [0.1, 0.15) is 19.3 Å². The predicted molar refractivity (Wildman–Crippen MR) is 73.8 cm³/mol. The zero-order chi connectivity index (χ0) is 13.7. The molecule has 1 aliphatic rings. The standard InChI is InChI=1S/C13H19N3O3/c1-19-13-8-11(7-12(9-13)16(17)18)15-6-4-10-3-2-5-14-10/h7-10,14-15H,2-6H2,1H3/t10-/m0/s1. The Morgan fingerprint density at radius 3 is 3.00 bits per heavy atom. The molecule has 0 aliphatic carbocycles. The highest BCUT2D eigenvalue weighted by Crippen LogP contribution is 2.25. The number of nitrogens with zero attached hydrogens (tertiary/aromatic N) is 1. The first-order valence-corrected chi connectivity index (χ1v) is 6.50. The van der Waals surface area contributed by atoms with E-state index in [4.69, 9.17) is 4.74 Å². The van der Waals surface area contributed by atoms with Crippen LogP contribution in [0.5, 0.6) is 5.75 Å². The van der Waals surface area contributed by atoms with Crippen molar-refractivity contribution in [3.05, 3.63) is 28.3 Å². The maximum atomic E-state index is 10.8. The second-order valence-corrected chi connectivity index (χ2v) is 4.69. The highest BCUT2D eigenvalue weighted by molar-refractivity contribution is 5.56. The summed E-state index contributed by atoms with van der Waals surface area (Å²) >= 11 is 0. The number of hydrogen-bond acceptors (Lipinski definition) is 5. The van der Waals surface area contributed by atoms with Crippen molar-refractivity contribution in [1.82, 2.24) is 5.32 Å². The second-order valence-electron chi connectivity index (χ2n) is 4.69. The summed E-state index contributed by atoms with van der Waals surface area (Å²) in [6.07, 6.45) is 3.46. The lowest BCUT2D eigenvalue weighted by molar-refractivity contribution is -0.384. The largest absolute Gasteiger partial charge is 0.496 e. The molecule has 0 bridgehead atoms. The summed E-state index contributed by atoms with van der Waals surface area (Å²) in [5.41, 5.74) is 0.768. The molecule has 0 saturated carbocycles. The van der Waals surface area contributed by atoms with Crippen molar-refractivity contribution in [2.24, 2.45) is 0 Å². The molecular formula is C13H19N3O3. The fourth-order valence-electron chi connectivity index (χ4n) is 2.30. The van der Waals surface area contributed by atoms with Crippen LogP contribution in [0.3, 0.4) is 0 Å². The smallest absolute Gasteiger partial charge is 0.275 e. The quantitative estimate of drug-likeness (QED) is 0.609. The summed E-state index contributed by atoms with van der Waals surface area (Å²) in [7, 11) is 1.51. The molecule has 0 aromatic heterocycles. The van der Waals surface area contributed by atoms with Crippen molar-refractivity contribution < 1.29 is 9.66 Å². The van der Waals surface area contributed by atoms with Crippen LogP contribution in [-0.4, -0.2) is 31.2 Å². The first-order chi connectivity index (χ1) is 9.19. The van der Waals surface area contributed by atoms with E-state index in [1.807, 2.05) is 0 Å². The highest BCUT2D eigenvalue weighted by atomic mass is 16.6. The third-order valence-corrected chi connectivity index (χ3v) is 3.32. The Kier molecular flexibility index (Phi) is 4.57. The van der Waals surface area contributed by atoms with E-state index in [1.165, 1.54) is 32.1 Å². The number of nitrogens with one attached hydrogen (secondary N) is 2. The number of rotatable bonds is 6. The van der Waals surface area contributed by atoms with Gasteiger partial charge >= 0.3 is 0 Å². The molecule has 0 unspecified atom stereocenters. The Bertz CT molecular complexity index is 445. The zero-order valence-corrected chi connectivity index (χ0v) is 11.0. The molecule has 1 fully saturated rings. The molecule has 1 aromatic rings. The van der Waals surface area contributed by atoms with Gasteiger partial charge in [0, 0.05) is 30.4 Å². The van der Waals surface area contributed by atoms with Crippen LogP contribution >= 0.6 is 0 Å². The van der Waals surface area contributed by atoms with Crippen LogP contribution in [0.4, 0.5) is 11.4 Å². The molecule has 6 nitrogen and oxygen atoms in total. The lowest BCUT2D eigenvalue weighted by Crippen LogP contribution is -2.24. The molecule has 1 atom stereocenters. The number of anilines is 1. The van der Waals surface area contributed by atoms with Gasteiger partial charge in [0.25, 0.3) is 5.69 Å². The van der Waals surface area contributed by atoms with Crippen LogP contribution in [0.25, 0.3) is 0 Å². The number of benzene rings is 1. The average Bonchev–Trinajstić information content (AvgIpc) is 2.91. The lowest BCUT2D eigenvalue weighted by Gasteiger charge is -2.12. The normalized spacial score (nSPS) is 18.3. The summed E-state index contributed by atoms with van der Waals surface area (Å²) in [6.45, 7) is 1.89. The van der Waals surface area contributed by atoms with Gasteiger partial charge in [0.15, 0.2) is 0 Å². The van der Waals surface area contributed by atoms with Gasteiger partial charge < -0.3 is 15.4 Å². The van der Waals surface area contributed by atoms with Crippen LogP contribution in [0.2, 0.25) is 0 Å². The third kappa shape index (κ3) is 3.82. The predicted octanol–water partition coefficient (Wildman–Crippen LogP) is 2.16. The van der Waals surface area contributed by atoms with Gasteiger partial charge in [-0.3, -0.25) is 10.1 Å². The van der Waals surface area contributed by atoms with E-state index >= 15 is 0 Å². The zero-order valence-electron chi connectivity index (χ0n) is 11.0. The van der Waals surface area contributed by atoms with Crippen LogP contribution < -0.4 is 15.4 Å². The molecule has 1 saturated heterocycles. The van der Waals surface area contributed by atoms with Crippen LogP contribution in [-0.2, 0) is 0 Å². The van der Waals surface area contributed by atoms with Gasteiger partial charge in [-0.25, -0.2) is 0 Å². The summed E-state index contributed by atoms with van der Waals surface area (Å²) in [5.74, 6) is 0.496. The summed E-state index contributed by atoms with van der Waals surface area (Å²) in [6, 6.07) is 5.29. The Hall–Kier alpha value is -1.82. The van der Waals surface area contributed by atoms with Gasteiger partial charge in [-0.2, -0.15) is 0 Å². The van der Waals surface area contributed by atoms with Gasteiger partial charge in [0.1, 0.15) is 5.75 Å². The SMILES string of the molecule is COc1cc(NCC[C@@H]2CCCN2)cc([N+](=O)[O-])c1. The molecule has 2 N–H and O–H groups in total. The minimum Gasteiger partial charge on any atom is -0.496 e. The minimum absolute atomic E-state index is 0.0424. The van der Waals surface area contributed by atoms with Crippen LogP contribution in [0.15, 0.2) is 18.2 Å². The number of hydrogen-bond donors (Lipinski definition) is 2. The molecule has 19 heavy (non-hydrogen) atoms. The molecule has 1 aromatic carbocycles. The van der Waals surface area contributed by atoms with Gasteiger partial charge in [0.2, 0.25) is 0 Å². The van der Waals surface area contributed by atoms with Crippen LogP contribution in [0, 0.1) is 10.1 Å². The van der Waals surface area contributed by atoms with E-state index < -0.39 is 4.92 Å². The first-order valence-electron chi connectivity index (χ1n) is 6.50. The molecule has 0 spiro atoms. The van der Waals surface area contributed by atoms with Crippen molar-refractivity contribution in [3.8, 4) is 5.75 Å². The first kappa shape index (κ1) is 13.6. The Morgan fingerprint density at radius 1 is 1.53 bits per heavy atom. The highest BCUT2D eigenvalue weighted by Gasteiger charge is 2.14. The van der Waals surface area contributed by atoms with Crippen molar-refractivity contribution in [2.75, 3.05) is 25.5 Å². The van der Waals surface area contributed by atoms with E-state index in [-0.39, 0.29) is 5.69 Å². The summed E-state index contributed by atoms with van der Waals surface area (Å²) < 4.78 is 5.07. The van der Waals surface area contributed by atoms with Gasteiger partial charge in [0.05, 0.1) is 18.1 Å². The van der Waals surface area contributed by atoms with E-state index in [0.717, 1.165) is 25.2 Å². The number of ether oxygens (including phenoxy) is 1. The maximum absolute atomic E-state index is 10.8. The topological polar surface area (TPSA) is 76.4 Å². The van der Waals surface area contributed by atoms with E-state index in [1.54, 1.807) is 6.07 Å². The molecule has 0 radical (unpaired) electrons. The summed E-state index contributed by atoms with van der Waals surface area (Å²) in [4.78, 5) is 10.4. The van der Waals surface area contributed by atoms with Gasteiger partial charge in [-0.1, -0.05) is 0 Å². The minimum atomic E-state index is -0.410. The molecule has 1 aliphatic heterocycles. The molecule has 104 valence electrons. The lowest BCUT2D eigenvalue weighted by atomic mass is 10.1. The fraction of sp³-hybridized carbons (Fsp3) is 0.538. The maximum Gasteiger partial charge on any atom is 0.275 e. The van der Waals surface area contributed by atoms with Crippen molar-refractivity contribution in [3.63, 3.8) is 0 Å². The molecule has 2 rings (SSSR count). The number of non-ortho nitro benzene ring substituents is 1. The fourth-order valence-corrected chi connectivity index (χ4v) is 2.30. The third-order valence-electron chi connectivity index (χ3n) is 3.32. The average molecular weight is 265 g/mol. The second kappa shape index (κ2) is 6.38. The van der Waals surface area contributed by atoms with Gasteiger partial charge in [-0.05, 0) is 25.8 Å². The van der Waals surface area contributed by atoms with E-state index in [0.29, 0.717) is 11.8 Å². The Balaban J connectivity index is 1.94. The molecule has 0 amide bonds. The number of nitro groups is 1. The van der Waals surface area contributed by atoms with Crippen molar-refractivity contribution in [1.29, 1.82) is 0 Å². The van der Waals surface area contributed by atoms with E-state index in [9.17, 15) is 10.1 Å². The van der Waals surface area contributed by atoms with E-state index in [2.05, 4.69) is 10.6 Å². The molecule has 1 heterocycles. The molecule has 6 heteroatoms. The Labute approximate surface area is 112 Å². The summed E-state index contributed by atoms with van der Waals surface area (Å²) in [5, 5.41) is 17.5. The van der Waals surface area contributed by atoms with Crippen molar-refractivity contribution >= 4 is 11.4 Å². The number of nitro benzene ring substituents is 1. The monoisotopic (exact) mass is 265 g/mol. The Morgan fingerprint density at radius 2 is 2.37 bits per heavy atom. The number of methoxy groups -OCH3 is 1. The van der Waals surface area contributed by atoms with Crippen molar-refractivity contribution in [2.45, 2.75) is 25.3 Å². The molecular weight excluding hydrogens is 246 g/mol.